The zero-order chi connectivity index (χ0) is 68.0. The number of amides is 11. The van der Waals surface area contributed by atoms with E-state index in [0.717, 1.165) is 12.8 Å². The number of carboxylic acid groups (broad SMARTS) is 3. The van der Waals surface area contributed by atoms with Crippen LogP contribution in [-0.2, 0) is 73.5 Å². The van der Waals surface area contributed by atoms with Crippen LogP contribution in [0.25, 0.3) is 0 Å². The summed E-state index contributed by atoms with van der Waals surface area (Å²) in [5, 5.41) is 51.1. The normalized spacial score (nSPS) is 26.9. The minimum absolute atomic E-state index is 0.00457. The van der Waals surface area contributed by atoms with Crippen LogP contribution < -0.4 is 55.3 Å². The van der Waals surface area contributed by atoms with E-state index in [-0.39, 0.29) is 94.5 Å². The van der Waals surface area contributed by atoms with Crippen molar-refractivity contribution in [3.05, 3.63) is 29.8 Å². The number of carboxylic acids is 3. The number of nitrogens with two attached hydrogens (primary N) is 5. The highest BCUT2D eigenvalue weighted by Gasteiger charge is 2.52. The number of carbonyl (C=O) groups excluding carboxylic acids is 11. The smallest absolute Gasteiger partial charge is 0.326 e. The molecule has 0 radical (unpaired) electrons. The second-order valence-corrected chi connectivity index (χ2v) is 25.3. The number of carbonyl (C=O) groups is 14. The van der Waals surface area contributed by atoms with Crippen LogP contribution in [0.3, 0.4) is 0 Å². The van der Waals surface area contributed by atoms with Crippen LogP contribution in [0.2, 0.25) is 0 Å². The largest absolute Gasteiger partial charge is 0.508 e. The number of nitrogens with one attached hydrogen (secondary N) is 5. The van der Waals surface area contributed by atoms with Gasteiger partial charge in [-0.3, -0.25) is 52.7 Å². The highest BCUT2D eigenvalue weighted by molar-refractivity contribution is 5.98. The molecule has 0 aromatic heterocycles. The van der Waals surface area contributed by atoms with E-state index in [4.69, 9.17) is 38.9 Å². The summed E-state index contributed by atoms with van der Waals surface area (Å²) in [6, 6.07) is -4.99. The number of hydrogen-bond acceptors (Lipinski definition) is 18. The average molecular weight is 1300 g/mol. The Morgan fingerprint density at radius 1 is 0.587 bits per heavy atom. The van der Waals surface area contributed by atoms with Gasteiger partial charge in [0.15, 0.2) is 0 Å². The van der Waals surface area contributed by atoms with E-state index in [1.54, 1.807) is 0 Å². The lowest BCUT2D eigenvalue weighted by Crippen LogP contribution is -2.60. The highest BCUT2D eigenvalue weighted by atomic mass is 16.4. The fourth-order valence-corrected chi connectivity index (χ4v) is 13.5. The Balaban J connectivity index is 0.000000335. The molecule has 1 aromatic rings. The molecule has 19 N–H and O–H groups in total. The minimum Gasteiger partial charge on any atom is -0.508 e. The third kappa shape index (κ3) is 18.6. The van der Waals surface area contributed by atoms with E-state index in [2.05, 4.69) is 26.6 Å². The number of piperidine rings is 2. The van der Waals surface area contributed by atoms with Crippen LogP contribution in [0, 0.1) is 17.8 Å². The molecule has 32 heteroatoms. The quantitative estimate of drug-likeness (QED) is 0.0474. The number of phenols is 1. The van der Waals surface area contributed by atoms with E-state index >= 15 is 0 Å². The Kier molecular flexibility index (Phi) is 25.8. The van der Waals surface area contributed by atoms with Crippen molar-refractivity contribution in [1.29, 1.82) is 0 Å². The molecule has 7 aliphatic rings. The number of rotatable bonds is 24. The van der Waals surface area contributed by atoms with Crippen LogP contribution in [0.15, 0.2) is 24.3 Å². The van der Waals surface area contributed by atoms with Crippen molar-refractivity contribution >= 4 is 82.9 Å². The number of aromatic hydroxyl groups is 1. The van der Waals surface area contributed by atoms with Gasteiger partial charge in [-0.2, -0.15) is 0 Å². The summed E-state index contributed by atoms with van der Waals surface area (Å²) in [7, 11) is 0. The molecule has 8 rings (SSSR count). The van der Waals surface area contributed by atoms with E-state index in [9.17, 15) is 77.3 Å². The Bertz CT molecular complexity index is 2930. The van der Waals surface area contributed by atoms with Gasteiger partial charge < -0.3 is 95.3 Å². The molecular formula is C60H90N14O18. The minimum atomic E-state index is -1.38. The predicted molar refractivity (Wildman–Crippen MR) is 324 cm³/mol. The van der Waals surface area contributed by atoms with Gasteiger partial charge in [-0.25, -0.2) is 14.4 Å². The molecular weight excluding hydrogens is 1200 g/mol. The van der Waals surface area contributed by atoms with Crippen LogP contribution in [0.4, 0.5) is 0 Å². The van der Waals surface area contributed by atoms with E-state index in [1.807, 2.05) is 20.8 Å². The maximum atomic E-state index is 14.2. The maximum absolute atomic E-state index is 14.2. The lowest BCUT2D eigenvalue weighted by Gasteiger charge is -2.39. The highest BCUT2D eigenvalue weighted by Crippen LogP contribution is 2.37. The average Bonchev–Trinajstić information content (AvgIpc) is 1.62. The summed E-state index contributed by atoms with van der Waals surface area (Å²) in [6.07, 6.45) is 4.93. The van der Waals surface area contributed by atoms with Gasteiger partial charge in [0.2, 0.25) is 65.0 Å². The monoisotopic (exact) mass is 1290 g/mol. The van der Waals surface area contributed by atoms with Crippen LogP contribution in [0.1, 0.15) is 135 Å². The number of fused-ring (bicyclic) bond motifs is 2. The summed E-state index contributed by atoms with van der Waals surface area (Å²) in [4.78, 5) is 180. The molecule has 0 saturated carbocycles. The first-order valence-corrected chi connectivity index (χ1v) is 31.4. The summed E-state index contributed by atoms with van der Waals surface area (Å²) in [5.41, 5.74) is 27.9. The SMILES string of the molecule is CC(C)CC(NC(=O)C(CCC(N)=O)NC(=O)C1CCCN1C(=O)C(CCC(N)=O)NC(=O)C1CCCN1)C(=O)N1CCCC1C(=O)NC(Cc1ccc(O)cc1)C(=O)O.CC1CC(N)C(=O)N2C(C(=O)O)CCC12.NC(=O)C1CC(N)C(=O)N2C(C(=O)O)CCC12. The van der Waals surface area contributed by atoms with Crippen molar-refractivity contribution < 1.29 is 87.5 Å². The van der Waals surface area contributed by atoms with Crippen LogP contribution in [-0.4, -0.2) is 221 Å². The Hall–Kier alpha value is -8.52. The first kappa shape index (κ1) is 72.5. The van der Waals surface area contributed by atoms with Crippen molar-refractivity contribution in [2.75, 3.05) is 19.6 Å². The summed E-state index contributed by atoms with van der Waals surface area (Å²) >= 11 is 0. The first-order chi connectivity index (χ1) is 43.4. The number of hydrogen-bond donors (Lipinski definition) is 14. The predicted octanol–water partition coefficient (Wildman–Crippen LogP) is -3.67. The second kappa shape index (κ2) is 32.7. The summed E-state index contributed by atoms with van der Waals surface area (Å²) < 4.78 is 0. The van der Waals surface area contributed by atoms with E-state index < -0.39 is 155 Å². The summed E-state index contributed by atoms with van der Waals surface area (Å²) in [5.74, 6) is -9.98. The van der Waals surface area contributed by atoms with Gasteiger partial charge in [-0.15, -0.1) is 0 Å². The van der Waals surface area contributed by atoms with Gasteiger partial charge in [0.25, 0.3) is 0 Å². The summed E-state index contributed by atoms with van der Waals surface area (Å²) in [6.45, 7) is 6.62. The standard InChI is InChI=1S/C40H59N9O11.C10H15N3O4.C10H16N2O3/c1-22(2)20-28(39(58)49-19-5-8-31(49)37(56)47-29(40(59)60)21-23-9-11-24(50)12-10-23)46-35(54)26(13-15-32(41)51)44-36(55)30-7-4-18-48(30)38(57)27(14-16-33(42)52)45-34(53)25-6-3-17-43-25;11-5-3-4(8(12)14)6-1-2-7(10(16)17)13(6)9(5)15;1-5-4-6(11)9(13)12-7(5)2-3-8(12)10(14)15/h9-12,22,25-31,43,50H,3-8,13-21H2,1-2H3,(H2,41,51)(H2,42,52)(H,44,55)(H,45,53)(H,46,54)(H,47,56)(H,59,60);4-7H,1-3,11H2,(H2,12,14)(H,16,17);5-8H,2-4,11H2,1H3,(H,14,15). The van der Waals surface area contributed by atoms with Crippen molar-refractivity contribution in [1.82, 2.24) is 46.2 Å². The molecule has 7 heterocycles. The number of benzene rings is 1. The van der Waals surface area contributed by atoms with Crippen molar-refractivity contribution in [3.63, 3.8) is 0 Å². The lowest BCUT2D eigenvalue weighted by atomic mass is 9.86. The zero-order valence-corrected chi connectivity index (χ0v) is 52.1. The molecule has 7 saturated heterocycles. The van der Waals surface area contributed by atoms with Crippen LogP contribution >= 0.6 is 0 Å². The van der Waals surface area contributed by atoms with Gasteiger partial charge in [-0.1, -0.05) is 32.9 Å². The Labute approximate surface area is 531 Å². The Morgan fingerprint density at radius 2 is 1.08 bits per heavy atom. The molecule has 32 nitrogen and oxygen atoms in total. The van der Waals surface area contributed by atoms with Gasteiger partial charge in [0.05, 0.1) is 24.0 Å². The van der Waals surface area contributed by atoms with Crippen molar-refractivity contribution in [2.45, 2.75) is 215 Å². The number of phenolic OH excluding ortho intramolecular Hbond substituents is 1. The fourth-order valence-electron chi connectivity index (χ4n) is 13.5. The Morgan fingerprint density at radius 3 is 1.57 bits per heavy atom. The first-order valence-electron chi connectivity index (χ1n) is 31.4. The molecule has 7 fully saturated rings. The van der Waals surface area contributed by atoms with E-state index in [1.165, 1.54) is 43.9 Å². The van der Waals surface area contributed by atoms with Gasteiger partial charge in [0, 0.05) is 44.4 Å². The second-order valence-electron chi connectivity index (χ2n) is 25.3. The third-order valence-electron chi connectivity index (χ3n) is 18.2. The lowest BCUT2D eigenvalue weighted by molar-refractivity contribution is -0.154. The van der Waals surface area contributed by atoms with Gasteiger partial charge in [0.1, 0.15) is 54.1 Å². The topological polar surface area (TPSA) is 523 Å². The number of primary amides is 3. The molecule has 7 aliphatic heterocycles. The molecule has 0 aliphatic carbocycles. The molecule has 92 heavy (non-hydrogen) atoms. The molecule has 0 bridgehead atoms. The van der Waals surface area contributed by atoms with Gasteiger partial charge >= 0.3 is 17.9 Å². The number of nitrogens with zero attached hydrogens (tertiary/aromatic N) is 4. The van der Waals surface area contributed by atoms with Crippen LogP contribution in [0.5, 0.6) is 5.75 Å². The maximum Gasteiger partial charge on any atom is 0.326 e. The zero-order valence-electron chi connectivity index (χ0n) is 52.1. The molecule has 0 spiro atoms. The molecule has 508 valence electrons. The third-order valence-corrected chi connectivity index (χ3v) is 18.2. The fraction of sp³-hybridized carbons (Fsp3) is 0.667. The number of aliphatic carboxylic acids is 3. The molecule has 15 unspecified atom stereocenters. The number of likely N-dealkylation sites (tertiary alicyclic amines) is 2. The molecule has 11 amide bonds. The molecule has 1 aromatic carbocycles. The van der Waals surface area contributed by atoms with Crippen molar-refractivity contribution in [2.24, 2.45) is 46.4 Å². The van der Waals surface area contributed by atoms with Crippen molar-refractivity contribution in [3.8, 4) is 5.75 Å². The molecule has 15 atom stereocenters. The van der Waals surface area contributed by atoms with E-state index in [0.29, 0.717) is 63.0 Å². The van der Waals surface area contributed by atoms with Gasteiger partial charge in [-0.05, 0) is 132 Å².